The number of aromatic nitrogens is 1. The number of benzene rings is 2. The standard InChI is InChI=1S/C28H28N2O5S/c1-4-18-12-22(21-16-36-27-17(2)6-5-7-20(21)27)30-23(13-18)24(32)15-29-28(33)19-8-9-25(35-11-10-31)26(14-19)34-3/h5-9,12-14,16,31H,4,10-11,15H2,1-3H3,(H,29,33). The van der Waals surface area contributed by atoms with Crippen molar-refractivity contribution in [1.29, 1.82) is 0 Å². The van der Waals surface area contributed by atoms with Gasteiger partial charge in [0.05, 0.1) is 26.0 Å². The Kier molecular flexibility index (Phi) is 7.97. The predicted octanol–water partition coefficient (Wildman–Crippen LogP) is 4.83. The number of Topliss-reactive ketones (excluding diaryl/α,β-unsaturated/α-hetero) is 1. The molecule has 0 aliphatic heterocycles. The number of ether oxygens (including phenoxy) is 2. The van der Waals surface area contributed by atoms with Crippen molar-refractivity contribution in [3.63, 3.8) is 0 Å². The molecule has 1 amide bonds. The third-order valence-corrected chi connectivity index (χ3v) is 6.97. The highest BCUT2D eigenvalue weighted by molar-refractivity contribution is 7.18. The number of nitrogens with zero attached hydrogens (tertiary/aromatic N) is 1. The summed E-state index contributed by atoms with van der Waals surface area (Å²) in [6.45, 7) is 3.91. The Hall–Kier alpha value is -3.75. The molecule has 186 valence electrons. The number of methoxy groups -OCH3 is 1. The first-order valence-corrected chi connectivity index (χ1v) is 12.5. The van der Waals surface area contributed by atoms with E-state index in [9.17, 15) is 9.59 Å². The number of ketones is 1. The molecule has 36 heavy (non-hydrogen) atoms. The molecule has 0 fully saturated rings. The molecule has 0 atom stereocenters. The second-order valence-corrected chi connectivity index (χ2v) is 9.12. The summed E-state index contributed by atoms with van der Waals surface area (Å²) in [6.07, 6.45) is 0.758. The highest BCUT2D eigenvalue weighted by Crippen LogP contribution is 2.35. The molecule has 8 heteroatoms. The van der Waals surface area contributed by atoms with E-state index in [2.05, 4.69) is 34.7 Å². The fourth-order valence-electron chi connectivity index (χ4n) is 3.91. The number of hydrogen-bond donors (Lipinski definition) is 2. The summed E-state index contributed by atoms with van der Waals surface area (Å²) in [5.41, 5.74) is 4.62. The maximum atomic E-state index is 13.0. The second-order valence-electron chi connectivity index (χ2n) is 8.24. The fourth-order valence-corrected chi connectivity index (χ4v) is 4.95. The second kappa shape index (κ2) is 11.3. The number of carbonyl (C=O) groups excluding carboxylic acids is 2. The van der Waals surface area contributed by atoms with Crippen LogP contribution in [0.1, 0.15) is 38.9 Å². The highest BCUT2D eigenvalue weighted by atomic mass is 32.1. The van der Waals surface area contributed by atoms with Crippen LogP contribution in [0, 0.1) is 6.92 Å². The Labute approximate surface area is 213 Å². The van der Waals surface area contributed by atoms with Gasteiger partial charge in [0.15, 0.2) is 17.3 Å². The molecular formula is C28H28N2O5S. The molecule has 0 saturated heterocycles. The highest BCUT2D eigenvalue weighted by Gasteiger charge is 2.17. The first-order valence-electron chi connectivity index (χ1n) is 11.7. The smallest absolute Gasteiger partial charge is 0.251 e. The number of nitrogens with one attached hydrogen (secondary N) is 1. The molecule has 0 bridgehead atoms. The average molecular weight is 505 g/mol. The summed E-state index contributed by atoms with van der Waals surface area (Å²) in [5, 5.41) is 14.8. The van der Waals surface area contributed by atoms with Crippen molar-refractivity contribution in [2.45, 2.75) is 20.3 Å². The van der Waals surface area contributed by atoms with Crippen LogP contribution in [0.15, 0.2) is 53.9 Å². The predicted molar refractivity (Wildman–Crippen MR) is 141 cm³/mol. The molecule has 4 aromatic rings. The molecule has 0 saturated carbocycles. The Balaban J connectivity index is 1.53. The number of aliphatic hydroxyl groups is 1. The Morgan fingerprint density at radius 2 is 1.94 bits per heavy atom. The van der Waals surface area contributed by atoms with Gasteiger partial charge in [-0.3, -0.25) is 9.59 Å². The Morgan fingerprint density at radius 3 is 2.69 bits per heavy atom. The zero-order chi connectivity index (χ0) is 25.7. The number of pyridine rings is 1. The summed E-state index contributed by atoms with van der Waals surface area (Å²) >= 11 is 1.67. The zero-order valence-electron chi connectivity index (χ0n) is 20.5. The van der Waals surface area contributed by atoms with E-state index in [0.717, 1.165) is 28.6 Å². The molecule has 4 rings (SSSR count). The Bertz CT molecular complexity index is 1410. The SMILES string of the molecule is CCc1cc(C(=O)CNC(=O)c2ccc(OCCO)c(OC)c2)nc(-c2csc3c(C)cccc23)c1. The quantitative estimate of drug-likeness (QED) is 0.300. The van der Waals surface area contributed by atoms with Crippen LogP contribution in [0.3, 0.4) is 0 Å². The van der Waals surface area contributed by atoms with E-state index < -0.39 is 5.91 Å². The van der Waals surface area contributed by atoms with E-state index in [-0.39, 0.29) is 25.5 Å². The van der Waals surface area contributed by atoms with E-state index in [1.54, 1.807) is 29.5 Å². The van der Waals surface area contributed by atoms with E-state index in [1.165, 1.54) is 23.4 Å². The van der Waals surface area contributed by atoms with Crippen molar-refractivity contribution < 1.29 is 24.2 Å². The van der Waals surface area contributed by atoms with Crippen LogP contribution in [0.25, 0.3) is 21.3 Å². The number of rotatable bonds is 10. The third-order valence-electron chi connectivity index (χ3n) is 5.84. The van der Waals surface area contributed by atoms with Crippen LogP contribution in [0.5, 0.6) is 11.5 Å². The van der Waals surface area contributed by atoms with Crippen molar-refractivity contribution in [1.82, 2.24) is 10.3 Å². The minimum atomic E-state index is -0.415. The molecule has 0 spiro atoms. The van der Waals surface area contributed by atoms with Crippen LogP contribution >= 0.6 is 11.3 Å². The van der Waals surface area contributed by atoms with Crippen LogP contribution in [-0.4, -0.2) is 48.6 Å². The first-order chi connectivity index (χ1) is 17.4. The number of aliphatic hydroxyl groups excluding tert-OH is 1. The third kappa shape index (κ3) is 5.40. The van der Waals surface area contributed by atoms with E-state index >= 15 is 0 Å². The number of amides is 1. The van der Waals surface area contributed by atoms with E-state index in [0.29, 0.717) is 22.8 Å². The van der Waals surface area contributed by atoms with Crippen LogP contribution in [-0.2, 0) is 6.42 Å². The molecule has 2 aromatic carbocycles. The largest absolute Gasteiger partial charge is 0.493 e. The lowest BCUT2D eigenvalue weighted by Crippen LogP contribution is -2.30. The Morgan fingerprint density at radius 1 is 1.11 bits per heavy atom. The summed E-state index contributed by atoms with van der Waals surface area (Å²) < 4.78 is 11.9. The van der Waals surface area contributed by atoms with Gasteiger partial charge in [-0.15, -0.1) is 11.3 Å². The van der Waals surface area contributed by atoms with Gasteiger partial charge in [0, 0.05) is 26.6 Å². The van der Waals surface area contributed by atoms with Gasteiger partial charge in [0.25, 0.3) is 5.91 Å². The summed E-state index contributed by atoms with van der Waals surface area (Å²) in [5.74, 6) is 0.0954. The maximum Gasteiger partial charge on any atom is 0.251 e. The number of aryl methyl sites for hydroxylation is 2. The fraction of sp³-hybridized carbons (Fsp3) is 0.250. The van der Waals surface area contributed by atoms with E-state index in [4.69, 9.17) is 14.6 Å². The molecule has 2 N–H and O–H groups in total. The van der Waals surface area contributed by atoms with Gasteiger partial charge in [-0.1, -0.05) is 25.1 Å². The lowest BCUT2D eigenvalue weighted by atomic mass is 10.0. The molecule has 2 aromatic heterocycles. The number of fused-ring (bicyclic) bond motifs is 1. The topological polar surface area (TPSA) is 97.8 Å². The van der Waals surface area contributed by atoms with Gasteiger partial charge in [-0.2, -0.15) is 0 Å². The zero-order valence-corrected chi connectivity index (χ0v) is 21.3. The van der Waals surface area contributed by atoms with Gasteiger partial charge >= 0.3 is 0 Å². The number of thiophene rings is 1. The van der Waals surface area contributed by atoms with E-state index in [1.807, 2.05) is 19.1 Å². The number of hydrogen-bond acceptors (Lipinski definition) is 7. The average Bonchev–Trinajstić information content (AvgIpc) is 3.35. The van der Waals surface area contributed by atoms with Gasteiger partial charge in [-0.25, -0.2) is 4.98 Å². The van der Waals surface area contributed by atoms with Gasteiger partial charge in [0.2, 0.25) is 0 Å². The minimum Gasteiger partial charge on any atom is -0.493 e. The normalized spacial score (nSPS) is 10.9. The monoisotopic (exact) mass is 504 g/mol. The van der Waals surface area contributed by atoms with Gasteiger partial charge < -0.3 is 19.9 Å². The molecule has 0 radical (unpaired) electrons. The van der Waals surface area contributed by atoms with Crippen molar-refractivity contribution in [3.05, 3.63) is 76.3 Å². The molecule has 2 heterocycles. The van der Waals surface area contributed by atoms with Crippen molar-refractivity contribution >= 4 is 33.1 Å². The lowest BCUT2D eigenvalue weighted by molar-refractivity contribution is 0.0902. The lowest BCUT2D eigenvalue weighted by Gasteiger charge is -2.12. The molecule has 0 unspecified atom stereocenters. The summed E-state index contributed by atoms with van der Waals surface area (Å²) in [6, 6.07) is 14.7. The molecule has 0 aliphatic carbocycles. The van der Waals surface area contributed by atoms with Crippen LogP contribution in [0.4, 0.5) is 0 Å². The van der Waals surface area contributed by atoms with Gasteiger partial charge in [-0.05, 0) is 54.8 Å². The van der Waals surface area contributed by atoms with Crippen LogP contribution < -0.4 is 14.8 Å². The minimum absolute atomic E-state index is 0.114. The molecular weight excluding hydrogens is 476 g/mol. The summed E-state index contributed by atoms with van der Waals surface area (Å²) in [4.78, 5) is 30.4. The van der Waals surface area contributed by atoms with Crippen LogP contribution in [0.2, 0.25) is 0 Å². The molecule has 0 aliphatic rings. The summed E-state index contributed by atoms with van der Waals surface area (Å²) in [7, 11) is 1.47. The number of carbonyl (C=O) groups is 2. The van der Waals surface area contributed by atoms with Crippen molar-refractivity contribution in [3.8, 4) is 22.8 Å². The first kappa shape index (κ1) is 25.3. The van der Waals surface area contributed by atoms with Gasteiger partial charge in [0.1, 0.15) is 12.3 Å². The maximum absolute atomic E-state index is 13.0. The van der Waals surface area contributed by atoms with Crippen molar-refractivity contribution in [2.75, 3.05) is 26.9 Å². The van der Waals surface area contributed by atoms with Crippen molar-refractivity contribution in [2.24, 2.45) is 0 Å². The molecule has 7 nitrogen and oxygen atoms in total.